The summed E-state index contributed by atoms with van der Waals surface area (Å²) >= 11 is 0. The number of nitrogens with two attached hydrogens (primary N) is 1. The van der Waals surface area contributed by atoms with Crippen LogP contribution < -0.4 is 16.4 Å². The molecule has 0 spiro atoms. The third-order valence-corrected chi connectivity index (χ3v) is 6.26. The zero-order chi connectivity index (χ0) is 24.0. The monoisotopic (exact) mass is 451 g/mol. The molecule has 1 heterocycles. The fourth-order valence-electron chi connectivity index (χ4n) is 4.14. The van der Waals surface area contributed by atoms with Crippen molar-refractivity contribution in [1.82, 2.24) is 10.2 Å². The maximum Gasteiger partial charge on any atom is 0.317 e. The molecule has 1 amide bonds. The van der Waals surface area contributed by atoms with Gasteiger partial charge in [-0.05, 0) is 74.1 Å². The van der Waals surface area contributed by atoms with Crippen molar-refractivity contribution in [2.75, 3.05) is 25.0 Å². The number of benzene rings is 2. The molecule has 0 aromatic heterocycles. The van der Waals surface area contributed by atoms with E-state index in [4.69, 9.17) is 11.1 Å². The lowest BCUT2D eigenvalue weighted by Gasteiger charge is -2.37. The average Bonchev–Trinajstić information content (AvgIpc) is 2.82. The van der Waals surface area contributed by atoms with Crippen LogP contribution in [0.5, 0.6) is 0 Å². The number of carbonyl (C=O) groups excluding carboxylic acids is 1. The minimum atomic E-state index is -1.12. The molecule has 1 unspecified atom stereocenters. The quantitative estimate of drug-likeness (QED) is 0.294. The predicted octanol–water partition coefficient (Wildman–Crippen LogP) is 2.79. The van der Waals surface area contributed by atoms with Gasteiger partial charge >= 0.3 is 5.97 Å². The van der Waals surface area contributed by atoms with Crippen LogP contribution in [0.25, 0.3) is 0 Å². The highest BCUT2D eigenvalue weighted by molar-refractivity contribution is 5.95. The Kier molecular flexibility index (Phi) is 7.71. The van der Waals surface area contributed by atoms with Gasteiger partial charge in [-0.15, -0.1) is 0 Å². The van der Waals surface area contributed by atoms with E-state index in [-0.39, 0.29) is 18.3 Å². The molecule has 176 valence electrons. The fourth-order valence-corrected chi connectivity index (χ4v) is 4.14. The van der Waals surface area contributed by atoms with Crippen molar-refractivity contribution in [3.05, 3.63) is 64.7 Å². The topological polar surface area (TPSA) is 132 Å². The highest BCUT2D eigenvalue weighted by Gasteiger charge is 2.39. The van der Waals surface area contributed by atoms with Crippen molar-refractivity contribution >= 4 is 23.4 Å². The second-order valence-electron chi connectivity index (χ2n) is 8.71. The predicted molar refractivity (Wildman–Crippen MR) is 129 cm³/mol. The number of hydrogen-bond acceptors (Lipinski definition) is 5. The van der Waals surface area contributed by atoms with E-state index in [1.54, 1.807) is 19.1 Å². The zero-order valence-corrected chi connectivity index (χ0v) is 19.3. The molecule has 1 aliphatic rings. The van der Waals surface area contributed by atoms with Gasteiger partial charge in [0.2, 0.25) is 5.91 Å². The number of aliphatic carboxylic acids is 1. The number of nitrogens with zero attached hydrogens (tertiary/aromatic N) is 1. The Morgan fingerprint density at radius 2 is 1.79 bits per heavy atom. The zero-order valence-electron chi connectivity index (χ0n) is 19.3. The molecule has 0 radical (unpaired) electrons. The largest absolute Gasteiger partial charge is 0.480 e. The lowest BCUT2D eigenvalue weighted by Crippen LogP contribution is -2.55. The van der Waals surface area contributed by atoms with Crippen LogP contribution in [0.1, 0.15) is 48.4 Å². The molecule has 1 fully saturated rings. The number of amides is 1. The molecule has 6 N–H and O–H groups in total. The van der Waals surface area contributed by atoms with Gasteiger partial charge in [-0.2, -0.15) is 0 Å². The summed E-state index contributed by atoms with van der Waals surface area (Å²) < 4.78 is 0. The van der Waals surface area contributed by atoms with Crippen LogP contribution in [0.2, 0.25) is 0 Å². The minimum absolute atomic E-state index is 0.0339. The van der Waals surface area contributed by atoms with Crippen molar-refractivity contribution in [3.63, 3.8) is 0 Å². The average molecular weight is 452 g/mol. The number of nitrogens with one attached hydrogen (secondary N) is 3. The molecule has 8 nitrogen and oxygen atoms in total. The first-order valence-corrected chi connectivity index (χ1v) is 11.3. The van der Waals surface area contributed by atoms with E-state index in [1.807, 2.05) is 42.2 Å². The van der Waals surface area contributed by atoms with Crippen LogP contribution >= 0.6 is 0 Å². The minimum Gasteiger partial charge on any atom is -0.480 e. The number of aryl methyl sites for hydroxylation is 1. The molecule has 2 aromatic carbocycles. The Hall–Kier alpha value is -3.39. The van der Waals surface area contributed by atoms with E-state index in [0.29, 0.717) is 25.2 Å². The van der Waals surface area contributed by atoms with Gasteiger partial charge < -0.3 is 21.1 Å². The smallest absolute Gasteiger partial charge is 0.317 e. The summed E-state index contributed by atoms with van der Waals surface area (Å²) in [5, 5.41) is 23.1. The highest BCUT2D eigenvalue weighted by Crippen LogP contribution is 2.27. The van der Waals surface area contributed by atoms with Crippen LogP contribution in [-0.4, -0.2) is 47.4 Å². The third kappa shape index (κ3) is 5.90. The first-order chi connectivity index (χ1) is 15.7. The third-order valence-electron chi connectivity index (χ3n) is 6.26. The van der Waals surface area contributed by atoms with Crippen LogP contribution in [-0.2, 0) is 21.7 Å². The first kappa shape index (κ1) is 24.3. The van der Waals surface area contributed by atoms with Gasteiger partial charge in [-0.3, -0.25) is 20.3 Å². The lowest BCUT2D eigenvalue weighted by atomic mass is 9.87. The Labute approximate surface area is 194 Å². The summed E-state index contributed by atoms with van der Waals surface area (Å²) in [6.45, 7) is 5.46. The normalized spacial score (nSPS) is 15.5. The summed E-state index contributed by atoms with van der Waals surface area (Å²) in [5.74, 6) is -1.05. The Bertz CT molecular complexity index is 1020. The highest BCUT2D eigenvalue weighted by atomic mass is 16.4. The number of carboxylic acids is 1. The maximum atomic E-state index is 13.4. The van der Waals surface area contributed by atoms with Crippen LogP contribution in [0.15, 0.2) is 42.5 Å². The molecular formula is C25H33N5O3. The number of carbonyl (C=O) groups is 2. The molecule has 8 heteroatoms. The first-order valence-electron chi connectivity index (χ1n) is 11.3. The number of nitrogen functional groups attached to an aromatic ring is 1. The van der Waals surface area contributed by atoms with Gasteiger partial charge in [-0.25, -0.2) is 0 Å². The number of piperidine rings is 1. The van der Waals surface area contributed by atoms with Gasteiger partial charge in [-0.1, -0.05) is 18.2 Å². The molecule has 33 heavy (non-hydrogen) atoms. The number of likely N-dealkylation sites (tertiary alicyclic amines) is 1. The van der Waals surface area contributed by atoms with Crippen molar-refractivity contribution in [3.8, 4) is 0 Å². The Morgan fingerprint density at radius 1 is 1.12 bits per heavy atom. The number of anilines is 1. The molecule has 0 bridgehead atoms. The van der Waals surface area contributed by atoms with Gasteiger partial charge in [0.15, 0.2) is 0 Å². The van der Waals surface area contributed by atoms with E-state index in [0.717, 1.165) is 41.6 Å². The summed E-state index contributed by atoms with van der Waals surface area (Å²) in [5.41, 5.74) is 8.81. The molecule has 1 aliphatic heterocycles. The maximum absolute atomic E-state index is 13.4. The van der Waals surface area contributed by atoms with Crippen molar-refractivity contribution < 1.29 is 14.7 Å². The summed E-state index contributed by atoms with van der Waals surface area (Å²) in [6, 6.07) is 13.2. The van der Waals surface area contributed by atoms with Crippen LogP contribution in [0.3, 0.4) is 0 Å². The van der Waals surface area contributed by atoms with Gasteiger partial charge in [0.05, 0.1) is 6.54 Å². The van der Waals surface area contributed by atoms with E-state index >= 15 is 0 Å². The Balaban J connectivity index is 1.78. The number of amidine groups is 1. The Morgan fingerprint density at radius 3 is 2.36 bits per heavy atom. The van der Waals surface area contributed by atoms with Crippen molar-refractivity contribution in [2.24, 2.45) is 5.73 Å². The molecular weight excluding hydrogens is 418 g/mol. The standard InChI is InChI=1S/C25H33N5O3/c1-17-14-20(9-6-19(17)15-28-21-10-7-18(8-11-21)23(26)27)25(2,29-16-22(31)32)24(33)30-12-4-3-5-13-30/h6-11,14,28-29H,3-5,12-13,15-16H2,1-2H3,(H3,26,27)(H,31,32). The van der Waals surface area contributed by atoms with Gasteiger partial charge in [0.1, 0.15) is 11.4 Å². The molecule has 2 aromatic rings. The van der Waals surface area contributed by atoms with Crippen molar-refractivity contribution in [1.29, 1.82) is 5.41 Å². The fraction of sp³-hybridized carbons (Fsp3) is 0.400. The van der Waals surface area contributed by atoms with Gasteiger partial charge in [0.25, 0.3) is 0 Å². The number of rotatable bonds is 9. The number of hydrogen-bond donors (Lipinski definition) is 5. The SMILES string of the molecule is Cc1cc(C(C)(NCC(=O)O)C(=O)N2CCCCC2)ccc1CNc1ccc(C(=N)N)cc1. The number of carboxylic acid groups (broad SMARTS) is 1. The summed E-state index contributed by atoms with van der Waals surface area (Å²) in [4.78, 5) is 26.6. The molecule has 1 atom stereocenters. The summed E-state index contributed by atoms with van der Waals surface area (Å²) in [7, 11) is 0. The van der Waals surface area contributed by atoms with E-state index in [2.05, 4.69) is 10.6 Å². The van der Waals surface area contributed by atoms with Gasteiger partial charge in [0, 0.05) is 30.9 Å². The van der Waals surface area contributed by atoms with Crippen molar-refractivity contribution in [2.45, 2.75) is 45.2 Å². The van der Waals surface area contributed by atoms with Crippen LogP contribution in [0, 0.1) is 12.3 Å². The molecule has 3 rings (SSSR count). The molecule has 1 saturated heterocycles. The van der Waals surface area contributed by atoms with E-state index in [9.17, 15) is 14.7 Å². The molecule has 0 aliphatic carbocycles. The summed E-state index contributed by atoms with van der Waals surface area (Å²) in [6.07, 6.45) is 3.05. The molecule has 0 saturated carbocycles. The second-order valence-corrected chi connectivity index (χ2v) is 8.71. The lowest BCUT2D eigenvalue weighted by molar-refractivity contribution is -0.141. The second kappa shape index (κ2) is 10.5. The van der Waals surface area contributed by atoms with Crippen LogP contribution in [0.4, 0.5) is 5.69 Å². The van der Waals surface area contributed by atoms with E-state index in [1.165, 1.54) is 0 Å². The van der Waals surface area contributed by atoms with E-state index < -0.39 is 11.5 Å².